The molecule has 0 saturated carbocycles. The molecule has 2 N–H and O–H groups in total. The molecule has 0 aliphatic carbocycles. The first-order valence-electron chi connectivity index (χ1n) is 4.78. The minimum Gasteiger partial charge on any atom is -0.330 e. The van der Waals surface area contributed by atoms with Gasteiger partial charge in [0.15, 0.2) is 0 Å². The van der Waals surface area contributed by atoms with E-state index in [0.717, 1.165) is 6.42 Å². The van der Waals surface area contributed by atoms with Gasteiger partial charge >= 0.3 is 0 Å². The van der Waals surface area contributed by atoms with Crippen LogP contribution < -0.4 is 5.73 Å². The highest BCUT2D eigenvalue weighted by Crippen LogP contribution is 2.18. The fourth-order valence-corrected chi connectivity index (χ4v) is 3.22. The van der Waals surface area contributed by atoms with Crippen molar-refractivity contribution in [2.75, 3.05) is 25.4 Å². The van der Waals surface area contributed by atoms with Crippen molar-refractivity contribution in [2.24, 2.45) is 11.7 Å². The highest BCUT2D eigenvalue weighted by molar-refractivity contribution is 7.89. The minimum atomic E-state index is -2.98. The first-order valence-corrected chi connectivity index (χ1v) is 6.39. The maximum atomic E-state index is 11.6. The Kier molecular flexibility index (Phi) is 5.97. The number of nitrogens with zero attached hydrogens (tertiary/aromatic N) is 1. The van der Waals surface area contributed by atoms with E-state index in [1.807, 2.05) is 6.92 Å². The molecule has 1 saturated heterocycles. The van der Waals surface area contributed by atoms with Crippen LogP contribution in [-0.2, 0) is 10.0 Å². The summed E-state index contributed by atoms with van der Waals surface area (Å²) in [7, 11) is -2.98. The van der Waals surface area contributed by atoms with E-state index in [1.54, 1.807) is 4.31 Å². The predicted molar refractivity (Wildman–Crippen MR) is 60.1 cm³/mol. The Hall–Kier alpha value is 0.160. The summed E-state index contributed by atoms with van der Waals surface area (Å²) in [4.78, 5) is 0. The van der Waals surface area contributed by atoms with Crippen molar-refractivity contribution in [3.8, 4) is 0 Å². The van der Waals surface area contributed by atoms with Crippen molar-refractivity contribution in [1.29, 1.82) is 0 Å². The fourth-order valence-electron chi connectivity index (χ4n) is 1.63. The lowest BCUT2D eigenvalue weighted by molar-refractivity contribution is 0.458. The number of sulfonamides is 1. The quantitative estimate of drug-likeness (QED) is 0.778. The fraction of sp³-hybridized carbons (Fsp3) is 1.00. The Morgan fingerprint density at radius 1 is 1.50 bits per heavy atom. The standard InChI is InChI=1S/C8H18N2O2S.ClH/c1-2-5-13(11,12)10-4-3-8(6-9)7-10;/h8H,2-7,9H2,1H3;1H. The van der Waals surface area contributed by atoms with Gasteiger partial charge in [-0.1, -0.05) is 6.92 Å². The van der Waals surface area contributed by atoms with E-state index in [0.29, 0.717) is 32.0 Å². The molecular weight excluding hydrogens is 224 g/mol. The summed E-state index contributed by atoms with van der Waals surface area (Å²) in [6, 6.07) is 0. The molecule has 14 heavy (non-hydrogen) atoms. The average Bonchev–Trinajstić information content (AvgIpc) is 2.52. The molecule has 6 heteroatoms. The van der Waals surface area contributed by atoms with Gasteiger partial charge in [0.25, 0.3) is 0 Å². The molecule has 1 unspecified atom stereocenters. The van der Waals surface area contributed by atoms with Gasteiger partial charge in [-0.25, -0.2) is 12.7 Å². The summed E-state index contributed by atoms with van der Waals surface area (Å²) in [6.07, 6.45) is 1.60. The van der Waals surface area contributed by atoms with Gasteiger partial charge in [-0.15, -0.1) is 12.4 Å². The van der Waals surface area contributed by atoms with Crippen LogP contribution in [0.15, 0.2) is 0 Å². The van der Waals surface area contributed by atoms with E-state index < -0.39 is 10.0 Å². The van der Waals surface area contributed by atoms with Gasteiger partial charge in [-0.05, 0) is 25.3 Å². The van der Waals surface area contributed by atoms with Crippen LogP contribution >= 0.6 is 12.4 Å². The topological polar surface area (TPSA) is 63.4 Å². The first-order chi connectivity index (χ1) is 6.10. The molecule has 0 spiro atoms. The third-order valence-electron chi connectivity index (χ3n) is 2.44. The summed E-state index contributed by atoms with van der Waals surface area (Å²) in [5.74, 6) is 0.635. The molecule has 86 valence electrons. The largest absolute Gasteiger partial charge is 0.330 e. The van der Waals surface area contributed by atoms with Crippen LogP contribution in [0.25, 0.3) is 0 Å². The van der Waals surface area contributed by atoms with Crippen LogP contribution in [0.2, 0.25) is 0 Å². The Morgan fingerprint density at radius 2 is 2.14 bits per heavy atom. The van der Waals surface area contributed by atoms with E-state index in [1.165, 1.54) is 0 Å². The van der Waals surface area contributed by atoms with Crippen LogP contribution in [0.5, 0.6) is 0 Å². The summed E-state index contributed by atoms with van der Waals surface area (Å²) < 4.78 is 24.7. The third-order valence-corrected chi connectivity index (χ3v) is 4.48. The van der Waals surface area contributed by atoms with Crippen LogP contribution in [0.4, 0.5) is 0 Å². The summed E-state index contributed by atoms with van der Waals surface area (Å²) in [5.41, 5.74) is 5.49. The van der Waals surface area contributed by atoms with Crippen molar-refractivity contribution in [3.63, 3.8) is 0 Å². The highest BCUT2D eigenvalue weighted by atomic mass is 35.5. The molecule has 4 nitrogen and oxygen atoms in total. The van der Waals surface area contributed by atoms with Gasteiger partial charge < -0.3 is 5.73 Å². The molecule has 1 heterocycles. The monoisotopic (exact) mass is 242 g/mol. The molecule has 0 aromatic carbocycles. The highest BCUT2D eigenvalue weighted by Gasteiger charge is 2.29. The normalized spacial score (nSPS) is 23.4. The van der Waals surface area contributed by atoms with E-state index in [-0.39, 0.29) is 18.2 Å². The van der Waals surface area contributed by atoms with Gasteiger partial charge in [-0.2, -0.15) is 0 Å². The molecule has 0 amide bonds. The molecule has 0 aromatic rings. The minimum absolute atomic E-state index is 0. The lowest BCUT2D eigenvalue weighted by Crippen LogP contribution is -2.31. The van der Waals surface area contributed by atoms with Gasteiger partial charge in [0.05, 0.1) is 5.75 Å². The molecule has 1 aliphatic rings. The number of halogens is 1. The van der Waals surface area contributed by atoms with Crippen molar-refractivity contribution in [1.82, 2.24) is 4.31 Å². The van der Waals surface area contributed by atoms with Gasteiger partial charge in [0.2, 0.25) is 10.0 Å². The predicted octanol–water partition coefficient (Wildman–Crippen LogP) is 0.429. The number of nitrogens with two attached hydrogens (primary N) is 1. The van der Waals surface area contributed by atoms with E-state index in [2.05, 4.69) is 0 Å². The van der Waals surface area contributed by atoms with Gasteiger partial charge in [0, 0.05) is 13.1 Å². The van der Waals surface area contributed by atoms with E-state index >= 15 is 0 Å². The Morgan fingerprint density at radius 3 is 2.57 bits per heavy atom. The molecule has 1 fully saturated rings. The van der Waals surface area contributed by atoms with Crippen LogP contribution in [0, 0.1) is 5.92 Å². The van der Waals surface area contributed by atoms with Crippen LogP contribution in [-0.4, -0.2) is 38.1 Å². The average molecular weight is 243 g/mol. The molecule has 1 rings (SSSR count). The summed E-state index contributed by atoms with van der Waals surface area (Å²) in [6.45, 7) is 3.76. The molecule has 1 atom stereocenters. The number of rotatable bonds is 4. The second-order valence-electron chi connectivity index (χ2n) is 3.56. The zero-order valence-corrected chi connectivity index (χ0v) is 10.1. The molecule has 0 aromatic heterocycles. The maximum absolute atomic E-state index is 11.6. The van der Waals surface area contributed by atoms with Crippen molar-refractivity contribution >= 4 is 22.4 Å². The zero-order chi connectivity index (χ0) is 9.90. The number of hydrogen-bond donors (Lipinski definition) is 1. The van der Waals surface area contributed by atoms with Crippen LogP contribution in [0.1, 0.15) is 19.8 Å². The van der Waals surface area contributed by atoms with Crippen LogP contribution in [0.3, 0.4) is 0 Å². The Labute approximate surface area is 92.3 Å². The van der Waals surface area contributed by atoms with E-state index in [4.69, 9.17) is 5.73 Å². The SMILES string of the molecule is CCCS(=O)(=O)N1CCC(CN)C1.Cl. The summed E-state index contributed by atoms with van der Waals surface area (Å²) in [5, 5.41) is 0. The van der Waals surface area contributed by atoms with Crippen molar-refractivity contribution in [3.05, 3.63) is 0 Å². The lowest BCUT2D eigenvalue weighted by Gasteiger charge is -2.15. The van der Waals surface area contributed by atoms with E-state index in [9.17, 15) is 8.42 Å². The Balaban J connectivity index is 0.00000169. The summed E-state index contributed by atoms with van der Waals surface area (Å²) >= 11 is 0. The molecule has 0 radical (unpaired) electrons. The third kappa shape index (κ3) is 3.38. The van der Waals surface area contributed by atoms with Gasteiger partial charge in [-0.3, -0.25) is 0 Å². The molecule has 1 aliphatic heterocycles. The maximum Gasteiger partial charge on any atom is 0.214 e. The smallest absolute Gasteiger partial charge is 0.214 e. The molecule has 0 bridgehead atoms. The Bertz CT molecular complexity index is 256. The second-order valence-corrected chi connectivity index (χ2v) is 5.65. The first kappa shape index (κ1) is 14.2. The van der Waals surface area contributed by atoms with Crippen molar-refractivity contribution < 1.29 is 8.42 Å². The zero-order valence-electron chi connectivity index (χ0n) is 8.48. The number of hydrogen-bond acceptors (Lipinski definition) is 3. The molecular formula is C8H19ClN2O2S. The second kappa shape index (κ2) is 5.90. The van der Waals surface area contributed by atoms with Gasteiger partial charge in [0.1, 0.15) is 0 Å². The lowest BCUT2D eigenvalue weighted by atomic mass is 10.1. The van der Waals surface area contributed by atoms with Crippen molar-refractivity contribution in [2.45, 2.75) is 19.8 Å².